The zero-order chi connectivity index (χ0) is 5.98. The van der Waals surface area contributed by atoms with Gasteiger partial charge >= 0.3 is 46.1 Å². The number of hydrogen-bond donors (Lipinski definition) is 0. The van der Waals surface area contributed by atoms with E-state index in [9.17, 15) is 0 Å². The number of hydrogen-bond acceptors (Lipinski definition) is 0. The van der Waals surface area contributed by atoms with E-state index in [1.165, 1.54) is 0 Å². The molecule has 0 nitrogen and oxygen atoms in total. The van der Waals surface area contributed by atoms with Crippen molar-refractivity contribution >= 4 is 78.0 Å². The summed E-state index contributed by atoms with van der Waals surface area (Å²) >= 11 is 6.65. The molecular weight excluding hydrogens is 280 g/mol. The summed E-state index contributed by atoms with van der Waals surface area (Å²) in [6.45, 7) is 0. The fraction of sp³-hybridized carbons (Fsp3) is 0. The Labute approximate surface area is 110 Å². The predicted molar refractivity (Wildman–Crippen MR) is 53.4 cm³/mol. The van der Waals surface area contributed by atoms with Gasteiger partial charge in [-0.05, 0) is 24.3 Å². The normalized spacial score (nSPS) is 7.40. The maximum atomic E-state index is 3.32. The molecule has 10 heavy (non-hydrogen) atoms. The van der Waals surface area contributed by atoms with Crippen LogP contribution in [0.15, 0.2) is 33.2 Å². The summed E-state index contributed by atoms with van der Waals surface area (Å²) in [6, 6.07) is 7.96. The molecule has 0 aliphatic heterocycles. The largest absolute Gasteiger partial charge is 2.00 e. The van der Waals surface area contributed by atoms with Gasteiger partial charge in [0, 0.05) is 8.95 Å². The molecule has 0 aromatic heterocycles. The van der Waals surface area contributed by atoms with Gasteiger partial charge in [-0.3, -0.25) is 0 Å². The van der Waals surface area contributed by atoms with E-state index < -0.39 is 0 Å². The summed E-state index contributed by atoms with van der Waals surface area (Å²) in [7, 11) is 0. The van der Waals surface area contributed by atoms with Crippen LogP contribution in [-0.2, 0) is 0 Å². The number of rotatable bonds is 0. The molecule has 4 heteroatoms. The van der Waals surface area contributed by atoms with E-state index >= 15 is 0 Å². The third-order valence-corrected chi connectivity index (χ3v) is 1.86. The second-order valence-electron chi connectivity index (χ2n) is 1.44. The molecule has 0 heterocycles. The summed E-state index contributed by atoms with van der Waals surface area (Å²) in [5, 5.41) is 0. The zero-order valence-electron chi connectivity index (χ0n) is 5.48. The minimum absolute atomic E-state index is 0. The van der Waals surface area contributed by atoms with Crippen LogP contribution in [0.5, 0.6) is 0 Å². The van der Waals surface area contributed by atoms with Crippen LogP contribution in [0, 0.1) is 0 Å². The molecule has 0 unspecified atom stereocenters. The van der Waals surface area contributed by atoms with Gasteiger partial charge in [0.1, 0.15) is 0 Å². The Bertz CT molecular complexity index is 153. The average molecular weight is 285 g/mol. The van der Waals surface area contributed by atoms with Crippen molar-refractivity contribution < 1.29 is 0 Å². The third kappa shape index (κ3) is 5.37. The van der Waals surface area contributed by atoms with Crippen LogP contribution in [0.25, 0.3) is 0 Å². The van der Waals surface area contributed by atoms with E-state index in [1.54, 1.807) is 0 Å². The molecule has 0 aliphatic carbocycles. The third-order valence-electron chi connectivity index (χ3n) is 0.804. The molecule has 0 saturated carbocycles. The van der Waals surface area contributed by atoms with Crippen LogP contribution in [-0.4, -0.2) is 46.1 Å². The molecule has 1 aromatic rings. The number of halogens is 2. The van der Waals surface area contributed by atoms with E-state index in [0.717, 1.165) is 8.95 Å². The molecule has 0 saturated heterocycles. The topological polar surface area (TPSA) is 0 Å². The van der Waals surface area contributed by atoms with Crippen molar-refractivity contribution in [1.82, 2.24) is 0 Å². The summed E-state index contributed by atoms with van der Waals surface area (Å²) in [5.74, 6) is 0. The SMILES string of the molecule is Brc1ccc(Br)cc1.[Mg+2].[Mg+2]. The maximum Gasteiger partial charge on any atom is 2.00 e. The van der Waals surface area contributed by atoms with Gasteiger partial charge in [-0.15, -0.1) is 0 Å². The van der Waals surface area contributed by atoms with Gasteiger partial charge in [-0.2, -0.15) is 0 Å². The Morgan fingerprint density at radius 1 is 0.700 bits per heavy atom. The Morgan fingerprint density at radius 2 is 0.900 bits per heavy atom. The molecular formula is C6H4Br2Mg2+4. The van der Waals surface area contributed by atoms with Crippen molar-refractivity contribution in [2.24, 2.45) is 0 Å². The van der Waals surface area contributed by atoms with Crippen LogP contribution in [0.2, 0.25) is 0 Å². The van der Waals surface area contributed by atoms with Gasteiger partial charge < -0.3 is 0 Å². The van der Waals surface area contributed by atoms with Crippen molar-refractivity contribution in [3.8, 4) is 0 Å². The van der Waals surface area contributed by atoms with Crippen molar-refractivity contribution in [3.63, 3.8) is 0 Å². The average Bonchev–Trinajstić information content (AvgIpc) is 1.77. The van der Waals surface area contributed by atoms with Gasteiger partial charge in [-0.1, -0.05) is 31.9 Å². The second-order valence-corrected chi connectivity index (χ2v) is 3.27. The van der Waals surface area contributed by atoms with Crippen LogP contribution in [0.1, 0.15) is 0 Å². The standard InChI is InChI=1S/C6H4Br2.2Mg/c7-5-1-2-6(8)4-3-5;;/h1-4H;;/q;2*+2. The van der Waals surface area contributed by atoms with Crippen LogP contribution in [0.4, 0.5) is 0 Å². The van der Waals surface area contributed by atoms with Crippen molar-refractivity contribution in [3.05, 3.63) is 33.2 Å². The van der Waals surface area contributed by atoms with E-state index in [2.05, 4.69) is 31.9 Å². The van der Waals surface area contributed by atoms with Gasteiger partial charge in [0.2, 0.25) is 0 Å². The fourth-order valence-corrected chi connectivity index (χ4v) is 0.958. The van der Waals surface area contributed by atoms with Crippen LogP contribution in [0.3, 0.4) is 0 Å². The molecule has 42 valence electrons. The first-order chi connectivity index (χ1) is 3.79. The maximum absolute atomic E-state index is 3.32. The first-order valence-electron chi connectivity index (χ1n) is 2.20. The monoisotopic (exact) mass is 282 g/mol. The van der Waals surface area contributed by atoms with Gasteiger partial charge in [-0.25, -0.2) is 0 Å². The van der Waals surface area contributed by atoms with Gasteiger partial charge in [0.15, 0.2) is 0 Å². The van der Waals surface area contributed by atoms with E-state index in [1.807, 2.05) is 24.3 Å². The second kappa shape index (κ2) is 7.37. The van der Waals surface area contributed by atoms with Crippen molar-refractivity contribution in [2.75, 3.05) is 0 Å². The first kappa shape index (κ1) is 14.2. The van der Waals surface area contributed by atoms with Gasteiger partial charge in [0.05, 0.1) is 0 Å². The molecule has 1 rings (SSSR count). The summed E-state index contributed by atoms with van der Waals surface area (Å²) in [6.07, 6.45) is 0. The summed E-state index contributed by atoms with van der Waals surface area (Å²) in [5.41, 5.74) is 0. The van der Waals surface area contributed by atoms with Gasteiger partial charge in [0.25, 0.3) is 0 Å². The molecule has 0 amide bonds. The Kier molecular flexibility index (Phi) is 10.5. The molecule has 0 radical (unpaired) electrons. The predicted octanol–water partition coefficient (Wildman–Crippen LogP) is 2.45. The van der Waals surface area contributed by atoms with Crippen molar-refractivity contribution in [2.45, 2.75) is 0 Å². The Morgan fingerprint density at radius 3 is 1.10 bits per heavy atom. The molecule has 0 aliphatic rings. The van der Waals surface area contributed by atoms with Crippen molar-refractivity contribution in [1.29, 1.82) is 0 Å². The molecule has 0 atom stereocenters. The summed E-state index contributed by atoms with van der Waals surface area (Å²) in [4.78, 5) is 0. The minimum Gasteiger partial charge on any atom is -0.0508 e. The molecule has 0 fully saturated rings. The molecule has 0 N–H and O–H groups in total. The zero-order valence-corrected chi connectivity index (χ0v) is 11.5. The quantitative estimate of drug-likeness (QED) is 0.642. The Hall–Kier alpha value is 1.71. The molecule has 1 aromatic carbocycles. The fourth-order valence-electron chi connectivity index (χ4n) is 0.430. The minimum atomic E-state index is 0. The first-order valence-corrected chi connectivity index (χ1v) is 3.79. The molecule has 0 bridgehead atoms. The number of benzene rings is 1. The smallest absolute Gasteiger partial charge is 0.0508 e. The van der Waals surface area contributed by atoms with E-state index in [0.29, 0.717) is 0 Å². The molecule has 0 spiro atoms. The van der Waals surface area contributed by atoms with Crippen LogP contribution >= 0.6 is 31.9 Å². The Balaban J connectivity index is 0. The van der Waals surface area contributed by atoms with E-state index in [4.69, 9.17) is 0 Å². The van der Waals surface area contributed by atoms with E-state index in [-0.39, 0.29) is 46.1 Å². The summed E-state index contributed by atoms with van der Waals surface area (Å²) < 4.78 is 2.22. The van der Waals surface area contributed by atoms with Crippen LogP contribution < -0.4 is 0 Å².